The van der Waals surface area contributed by atoms with E-state index in [-0.39, 0.29) is 45.5 Å². The summed E-state index contributed by atoms with van der Waals surface area (Å²) < 4.78 is 99.1. The molecule has 0 N–H and O–H groups in total. The van der Waals surface area contributed by atoms with Crippen molar-refractivity contribution in [3.63, 3.8) is 0 Å². The molecule has 4 aromatic rings. The Morgan fingerprint density at radius 1 is 0.647 bits per heavy atom. The number of hydrogen-bond donors (Lipinski definition) is 0. The zero-order valence-electron chi connectivity index (χ0n) is 25.9. The molecule has 0 fully saturated rings. The van der Waals surface area contributed by atoms with Crippen LogP contribution in [-0.2, 0) is 12.4 Å². The molecular formula is C32H22Cl4F6N2O7. The van der Waals surface area contributed by atoms with Gasteiger partial charge in [0.1, 0.15) is 23.7 Å². The Morgan fingerprint density at radius 3 is 1.27 bits per heavy atom. The van der Waals surface area contributed by atoms with Gasteiger partial charge in [0.15, 0.2) is 0 Å². The highest BCUT2D eigenvalue weighted by molar-refractivity contribution is 6.34. The van der Waals surface area contributed by atoms with Crippen molar-refractivity contribution in [1.82, 2.24) is 0 Å². The fourth-order valence-corrected chi connectivity index (χ4v) is 5.36. The van der Waals surface area contributed by atoms with Gasteiger partial charge in [0.2, 0.25) is 11.5 Å². The summed E-state index contributed by atoms with van der Waals surface area (Å²) in [4.78, 5) is 22.6. The molecule has 0 bridgehead atoms. The molecular weight excluding hydrogens is 780 g/mol. The van der Waals surface area contributed by atoms with E-state index >= 15 is 0 Å². The Morgan fingerprint density at radius 2 is 1.00 bits per heavy atom. The molecule has 0 aliphatic carbocycles. The molecule has 0 heterocycles. The van der Waals surface area contributed by atoms with Crippen LogP contribution in [0.15, 0.2) is 60.7 Å². The summed E-state index contributed by atoms with van der Waals surface area (Å²) in [6.07, 6.45) is -11.5. The van der Waals surface area contributed by atoms with E-state index in [1.165, 1.54) is 13.8 Å². The molecule has 2 unspecified atom stereocenters. The number of halogens is 10. The van der Waals surface area contributed by atoms with Gasteiger partial charge in [-0.3, -0.25) is 20.2 Å². The molecule has 19 heteroatoms. The van der Waals surface area contributed by atoms with Crippen molar-refractivity contribution in [1.29, 1.82) is 0 Å². The number of rotatable bonds is 12. The maximum atomic E-state index is 13.6. The monoisotopic (exact) mass is 800 g/mol. The molecule has 0 saturated heterocycles. The molecule has 0 spiro atoms. The number of nitrogens with zero attached hydrogens (tertiary/aromatic N) is 2. The molecule has 0 amide bonds. The van der Waals surface area contributed by atoms with Gasteiger partial charge >= 0.3 is 23.7 Å². The normalized spacial score (nSPS) is 13.0. The van der Waals surface area contributed by atoms with E-state index < -0.39 is 78.5 Å². The van der Waals surface area contributed by atoms with Gasteiger partial charge in [-0.25, -0.2) is 0 Å². The van der Waals surface area contributed by atoms with Crippen LogP contribution in [0.25, 0.3) is 22.3 Å². The van der Waals surface area contributed by atoms with Gasteiger partial charge in [-0.1, -0.05) is 35.3 Å². The van der Waals surface area contributed by atoms with E-state index in [4.69, 9.17) is 60.6 Å². The van der Waals surface area contributed by atoms with E-state index in [9.17, 15) is 46.6 Å². The van der Waals surface area contributed by atoms with Crippen LogP contribution >= 0.6 is 46.4 Å². The van der Waals surface area contributed by atoms with E-state index in [2.05, 4.69) is 0 Å². The summed E-state index contributed by atoms with van der Waals surface area (Å²) >= 11 is 24.5. The predicted molar refractivity (Wildman–Crippen MR) is 179 cm³/mol. The Hall–Kier alpha value is -4.18. The smallest absolute Gasteiger partial charge is 0.416 e. The molecule has 0 radical (unpaired) electrons. The maximum Gasteiger partial charge on any atom is 0.416 e. The summed E-state index contributed by atoms with van der Waals surface area (Å²) in [6.45, 7) is 2.90. The Labute approximate surface area is 304 Å². The first-order valence-electron chi connectivity index (χ1n) is 14.3. The van der Waals surface area contributed by atoms with Crippen molar-refractivity contribution in [2.75, 3.05) is 11.8 Å². The Bertz CT molecular complexity index is 1840. The highest BCUT2D eigenvalue weighted by Gasteiger charge is 2.35. The highest BCUT2D eigenvalue weighted by Crippen LogP contribution is 2.53. The Kier molecular flexibility index (Phi) is 12.1. The van der Waals surface area contributed by atoms with E-state index in [0.717, 1.165) is 36.4 Å². The summed E-state index contributed by atoms with van der Waals surface area (Å²) in [7, 11) is 0. The molecule has 0 aliphatic heterocycles. The van der Waals surface area contributed by atoms with E-state index in [1.807, 2.05) is 0 Å². The highest BCUT2D eigenvalue weighted by atomic mass is 35.5. The number of benzene rings is 4. The number of hydrogen-bond acceptors (Lipinski definition) is 7. The number of nitro benzene ring substituents is 2. The third kappa shape index (κ3) is 8.83. The molecule has 272 valence electrons. The average Bonchev–Trinajstić information content (AvgIpc) is 3.04. The van der Waals surface area contributed by atoms with Crippen LogP contribution in [0, 0.1) is 20.2 Å². The van der Waals surface area contributed by atoms with Crippen LogP contribution in [0.1, 0.15) is 25.0 Å². The van der Waals surface area contributed by atoms with Gasteiger partial charge in [-0.15, -0.1) is 23.2 Å². The number of alkyl halides is 8. The maximum absolute atomic E-state index is 13.6. The lowest BCUT2D eigenvalue weighted by atomic mass is 9.99. The van der Waals surface area contributed by atoms with Crippen LogP contribution in [0.5, 0.6) is 23.0 Å². The minimum Gasteiger partial charge on any atom is -0.482 e. The zero-order valence-corrected chi connectivity index (χ0v) is 28.9. The molecule has 0 saturated carbocycles. The lowest BCUT2D eigenvalue weighted by Crippen LogP contribution is -2.15. The van der Waals surface area contributed by atoms with Crippen LogP contribution in [0.2, 0.25) is 10.0 Å². The van der Waals surface area contributed by atoms with Crippen molar-refractivity contribution >= 4 is 57.8 Å². The minimum atomic E-state index is -4.82. The third-order valence-corrected chi connectivity index (χ3v) is 8.51. The fourth-order valence-electron chi connectivity index (χ4n) is 4.69. The first kappa shape index (κ1) is 39.6. The van der Waals surface area contributed by atoms with Crippen LogP contribution < -0.4 is 14.2 Å². The molecule has 0 aromatic heterocycles. The second kappa shape index (κ2) is 15.6. The third-order valence-electron chi connectivity index (χ3n) is 7.01. The second-order valence-corrected chi connectivity index (χ2v) is 12.2. The standard InChI is InChI=1S/C32H22Cl4F6N2O7/c1-15(13-33)49-29-23(43(45)46)7-9-25(27(29)19-5-3-17(11-21(19)35)31(37,38)39)51-26-10-8-24(44(47)48)30(50-16(2)14-34)28(26)20-6-4-18(12-22(20)36)32(40,41)42/h3-12,15-16H,13-14H2,1-2H3. The molecule has 51 heavy (non-hydrogen) atoms. The predicted octanol–water partition coefficient (Wildman–Crippen LogP) is 12.0. The van der Waals surface area contributed by atoms with Crippen LogP contribution in [0.3, 0.4) is 0 Å². The van der Waals surface area contributed by atoms with Crippen molar-refractivity contribution in [2.24, 2.45) is 0 Å². The van der Waals surface area contributed by atoms with Crippen molar-refractivity contribution < 1.29 is 50.4 Å². The molecule has 0 aliphatic rings. The van der Waals surface area contributed by atoms with Gasteiger partial charge in [0.05, 0.1) is 43.9 Å². The largest absolute Gasteiger partial charge is 0.482 e. The van der Waals surface area contributed by atoms with Gasteiger partial charge in [-0.2, -0.15) is 26.3 Å². The second-order valence-electron chi connectivity index (χ2n) is 10.7. The summed E-state index contributed by atoms with van der Waals surface area (Å²) in [5, 5.41) is 23.2. The molecule has 2 atom stereocenters. The number of nitro groups is 2. The molecule has 9 nitrogen and oxygen atoms in total. The van der Waals surface area contributed by atoms with Gasteiger partial charge in [-0.05, 0) is 50.2 Å². The summed E-state index contributed by atoms with van der Waals surface area (Å²) in [6, 6.07) is 8.36. The summed E-state index contributed by atoms with van der Waals surface area (Å²) in [5.74, 6) is -2.13. The quantitative estimate of drug-likeness (QED) is 0.0606. The topological polar surface area (TPSA) is 114 Å². The first-order chi connectivity index (χ1) is 23.8. The van der Waals surface area contributed by atoms with Crippen molar-refractivity contribution in [2.45, 2.75) is 38.4 Å². The van der Waals surface area contributed by atoms with Crippen molar-refractivity contribution in [3.05, 3.63) is 102 Å². The fraction of sp³-hybridized carbons (Fsp3) is 0.250. The lowest BCUT2D eigenvalue weighted by molar-refractivity contribution is -0.386. The van der Waals surface area contributed by atoms with Crippen LogP contribution in [0.4, 0.5) is 37.7 Å². The number of ether oxygens (including phenoxy) is 3. The zero-order chi connectivity index (χ0) is 38.0. The average molecular weight is 802 g/mol. The van der Waals surface area contributed by atoms with Gasteiger partial charge in [0, 0.05) is 33.3 Å². The lowest BCUT2D eigenvalue weighted by Gasteiger charge is -2.22. The van der Waals surface area contributed by atoms with Gasteiger partial charge in [0.25, 0.3) is 0 Å². The van der Waals surface area contributed by atoms with Crippen LogP contribution in [-0.4, -0.2) is 33.8 Å². The van der Waals surface area contributed by atoms with E-state index in [0.29, 0.717) is 24.3 Å². The SMILES string of the molecule is CC(CCl)Oc1c([N+](=O)[O-])ccc(Oc2ccc([N+](=O)[O-])c(OC(C)CCl)c2-c2ccc(C(F)(F)F)cc2Cl)c1-c1ccc(C(F)(F)F)cc1Cl. The minimum absolute atomic E-state index is 0.194. The van der Waals surface area contributed by atoms with E-state index in [1.54, 1.807) is 0 Å². The molecule has 4 aromatic carbocycles. The summed E-state index contributed by atoms with van der Waals surface area (Å²) in [5.41, 5.74) is -4.76. The molecule has 4 rings (SSSR count). The van der Waals surface area contributed by atoms with Gasteiger partial charge < -0.3 is 14.2 Å². The first-order valence-corrected chi connectivity index (χ1v) is 16.1. The van der Waals surface area contributed by atoms with Crippen molar-refractivity contribution in [3.8, 4) is 45.3 Å². The Balaban J connectivity index is 2.11.